The zero-order chi connectivity index (χ0) is 26.7. The van der Waals surface area contributed by atoms with E-state index in [4.69, 9.17) is 10.5 Å². The number of ether oxygens (including phenoxy) is 1. The first-order valence-electron chi connectivity index (χ1n) is 12.9. The minimum atomic E-state index is -1.05. The van der Waals surface area contributed by atoms with E-state index in [0.717, 1.165) is 59.9 Å². The molecule has 0 bridgehead atoms. The molecule has 0 aliphatic carbocycles. The van der Waals surface area contributed by atoms with Gasteiger partial charge in [-0.05, 0) is 74.6 Å². The van der Waals surface area contributed by atoms with Gasteiger partial charge in [0.2, 0.25) is 0 Å². The summed E-state index contributed by atoms with van der Waals surface area (Å²) >= 11 is 0. The van der Waals surface area contributed by atoms with Crippen LogP contribution in [0.2, 0.25) is 0 Å². The number of carboxylic acids is 1. The van der Waals surface area contributed by atoms with Crippen LogP contribution in [0.5, 0.6) is 5.75 Å². The molecule has 196 valence electrons. The topological polar surface area (TPSA) is 101 Å². The Hall–Kier alpha value is -3.58. The molecule has 0 amide bonds. The molecule has 1 aliphatic heterocycles. The maximum Gasteiger partial charge on any atom is 0.310 e. The van der Waals surface area contributed by atoms with Crippen molar-refractivity contribution in [3.8, 4) is 5.75 Å². The van der Waals surface area contributed by atoms with Crippen LogP contribution in [0.4, 0.5) is 11.4 Å². The van der Waals surface area contributed by atoms with Crippen LogP contribution in [0.1, 0.15) is 60.1 Å². The number of rotatable bonds is 8. The van der Waals surface area contributed by atoms with E-state index in [0.29, 0.717) is 12.3 Å². The predicted octanol–water partition coefficient (Wildman–Crippen LogP) is 5.35. The number of benzene rings is 2. The third-order valence-electron chi connectivity index (χ3n) is 7.53. The number of nitrogens with zero attached hydrogens (tertiary/aromatic N) is 2. The van der Waals surface area contributed by atoms with Gasteiger partial charge >= 0.3 is 5.97 Å². The van der Waals surface area contributed by atoms with E-state index in [9.17, 15) is 9.90 Å². The fourth-order valence-corrected chi connectivity index (χ4v) is 5.21. The molecule has 1 atom stereocenters. The van der Waals surface area contributed by atoms with E-state index in [-0.39, 0.29) is 5.92 Å². The molecule has 1 unspecified atom stereocenters. The van der Waals surface area contributed by atoms with Gasteiger partial charge in [-0.15, -0.1) is 0 Å². The first kappa shape index (κ1) is 26.5. The van der Waals surface area contributed by atoms with Crippen molar-refractivity contribution in [2.24, 2.45) is 5.41 Å². The third-order valence-corrected chi connectivity index (χ3v) is 7.53. The maximum atomic E-state index is 12.5. The smallest absolute Gasteiger partial charge is 0.310 e. The number of pyridine rings is 1. The van der Waals surface area contributed by atoms with Gasteiger partial charge in [0.05, 0.1) is 16.8 Å². The first-order valence-corrected chi connectivity index (χ1v) is 12.9. The zero-order valence-corrected chi connectivity index (χ0v) is 22.5. The normalized spacial score (nSPS) is 14.8. The van der Waals surface area contributed by atoms with Crippen molar-refractivity contribution >= 4 is 17.3 Å². The van der Waals surface area contributed by atoms with Crippen LogP contribution in [-0.2, 0) is 17.9 Å². The molecule has 3 aromatic rings. The van der Waals surface area contributed by atoms with Crippen LogP contribution in [0.15, 0.2) is 48.8 Å². The number of carboxylic acid groups (broad SMARTS) is 1. The maximum absolute atomic E-state index is 12.5. The summed E-state index contributed by atoms with van der Waals surface area (Å²) in [4.78, 5) is 19.1. The Morgan fingerprint density at radius 1 is 1.24 bits per heavy atom. The van der Waals surface area contributed by atoms with Gasteiger partial charge in [-0.1, -0.05) is 24.3 Å². The Balaban J connectivity index is 1.74. The zero-order valence-electron chi connectivity index (χ0n) is 22.5. The van der Waals surface area contributed by atoms with Crippen molar-refractivity contribution in [2.75, 3.05) is 30.7 Å². The molecule has 0 fully saturated rings. The molecule has 4 rings (SSSR count). The summed E-state index contributed by atoms with van der Waals surface area (Å²) in [6.45, 7) is 13.4. The minimum absolute atomic E-state index is 0.375. The number of hydrogen-bond acceptors (Lipinski definition) is 6. The molecule has 1 aromatic heterocycles. The van der Waals surface area contributed by atoms with Gasteiger partial charge in [0, 0.05) is 50.1 Å². The second-order valence-corrected chi connectivity index (χ2v) is 10.5. The summed E-state index contributed by atoms with van der Waals surface area (Å²) in [5.41, 5.74) is 13.2. The highest BCUT2D eigenvalue weighted by atomic mass is 16.5. The molecule has 0 spiro atoms. The van der Waals surface area contributed by atoms with Crippen molar-refractivity contribution in [1.82, 2.24) is 9.88 Å². The van der Waals surface area contributed by atoms with E-state index in [2.05, 4.69) is 40.3 Å². The number of aromatic nitrogens is 1. The average Bonchev–Trinajstić information content (AvgIpc) is 3.07. The van der Waals surface area contributed by atoms with Crippen molar-refractivity contribution in [1.29, 1.82) is 0 Å². The summed E-state index contributed by atoms with van der Waals surface area (Å²) in [6.07, 6.45) is 3.62. The summed E-state index contributed by atoms with van der Waals surface area (Å²) in [5, 5.41) is 13.6. The van der Waals surface area contributed by atoms with Crippen molar-refractivity contribution in [2.45, 2.75) is 53.6 Å². The predicted molar refractivity (Wildman–Crippen MR) is 148 cm³/mol. The molecule has 0 saturated heterocycles. The lowest BCUT2D eigenvalue weighted by atomic mass is 9.69. The van der Waals surface area contributed by atoms with Crippen LogP contribution >= 0.6 is 0 Å². The molecule has 7 heteroatoms. The number of hydrogen-bond donors (Lipinski definition) is 3. The summed E-state index contributed by atoms with van der Waals surface area (Å²) < 4.78 is 5.92. The number of fused-ring (bicyclic) bond motifs is 1. The molecule has 0 radical (unpaired) electrons. The van der Waals surface area contributed by atoms with Crippen molar-refractivity contribution in [3.63, 3.8) is 0 Å². The van der Waals surface area contributed by atoms with Crippen molar-refractivity contribution < 1.29 is 14.6 Å². The van der Waals surface area contributed by atoms with Crippen LogP contribution < -0.4 is 15.8 Å². The second-order valence-electron chi connectivity index (χ2n) is 10.5. The molecule has 2 aromatic carbocycles. The number of carbonyl (C=O) groups is 1. The number of anilines is 2. The summed E-state index contributed by atoms with van der Waals surface area (Å²) in [6, 6.07) is 12.2. The van der Waals surface area contributed by atoms with E-state index in [1.54, 1.807) is 20.0 Å². The number of aryl methyl sites for hydroxylation is 1. The van der Waals surface area contributed by atoms with Crippen LogP contribution in [-0.4, -0.2) is 40.7 Å². The van der Waals surface area contributed by atoms with E-state index in [1.165, 1.54) is 11.1 Å². The van der Waals surface area contributed by atoms with Gasteiger partial charge < -0.3 is 20.9 Å². The number of nitrogens with one attached hydrogen (secondary N) is 1. The Labute approximate surface area is 219 Å². The molecule has 7 nitrogen and oxygen atoms in total. The average molecular weight is 503 g/mol. The van der Waals surface area contributed by atoms with Gasteiger partial charge in [-0.2, -0.15) is 0 Å². The van der Waals surface area contributed by atoms with Gasteiger partial charge in [0.1, 0.15) is 12.4 Å². The van der Waals surface area contributed by atoms with Crippen molar-refractivity contribution in [3.05, 3.63) is 82.2 Å². The highest BCUT2D eigenvalue weighted by Crippen LogP contribution is 2.45. The number of nitrogens with two attached hydrogens (primary N) is 1. The largest absolute Gasteiger partial charge is 0.492 e. The first-order chi connectivity index (χ1) is 17.6. The molecule has 4 N–H and O–H groups in total. The quantitative estimate of drug-likeness (QED) is 0.357. The van der Waals surface area contributed by atoms with E-state index in [1.807, 2.05) is 38.2 Å². The molecular weight excluding hydrogens is 464 g/mol. The van der Waals surface area contributed by atoms with Crippen LogP contribution in [0, 0.1) is 19.3 Å². The van der Waals surface area contributed by atoms with E-state index < -0.39 is 11.4 Å². The highest BCUT2D eigenvalue weighted by Gasteiger charge is 2.40. The van der Waals surface area contributed by atoms with Gasteiger partial charge in [0.15, 0.2) is 0 Å². The number of aliphatic carboxylic acids is 1. The Morgan fingerprint density at radius 3 is 2.76 bits per heavy atom. The highest BCUT2D eigenvalue weighted by molar-refractivity contribution is 5.78. The monoisotopic (exact) mass is 502 g/mol. The molecule has 37 heavy (non-hydrogen) atoms. The lowest BCUT2D eigenvalue weighted by molar-refractivity contribution is -0.147. The fraction of sp³-hybridized carbons (Fsp3) is 0.400. The fourth-order valence-electron chi connectivity index (χ4n) is 5.21. The lowest BCUT2D eigenvalue weighted by Gasteiger charge is -2.34. The summed E-state index contributed by atoms with van der Waals surface area (Å²) in [5.74, 6) is -0.331. The molecule has 2 heterocycles. The molecule has 0 saturated carbocycles. The standard InChI is InChI=1S/C30H38N4O3/c1-6-33-25-10-9-24(20(3)28(25)31)27(30(4,5)29(35)36)21-8-7-19(2)22(15-21)17-34-13-14-37-26-11-12-32-16-23(26)18-34/h7-12,15-16,27,33H,6,13-14,17-18,31H2,1-5H3,(H,35,36). The third kappa shape index (κ3) is 5.42. The Morgan fingerprint density at radius 2 is 2.03 bits per heavy atom. The lowest BCUT2D eigenvalue weighted by Crippen LogP contribution is -2.33. The van der Waals surface area contributed by atoms with Gasteiger partial charge in [-0.3, -0.25) is 14.7 Å². The Bertz CT molecular complexity index is 1290. The van der Waals surface area contributed by atoms with Gasteiger partial charge in [0.25, 0.3) is 0 Å². The van der Waals surface area contributed by atoms with Crippen LogP contribution in [0.3, 0.4) is 0 Å². The molecular formula is C30H38N4O3. The Kier molecular flexibility index (Phi) is 7.73. The molecule has 1 aliphatic rings. The summed E-state index contributed by atoms with van der Waals surface area (Å²) in [7, 11) is 0. The SMILES string of the molecule is CCNc1ccc(C(c2ccc(C)c(CN3CCOc4ccncc4C3)c2)C(C)(C)C(=O)O)c(C)c1N. The minimum Gasteiger partial charge on any atom is -0.492 e. The second kappa shape index (κ2) is 10.8. The van der Waals surface area contributed by atoms with E-state index >= 15 is 0 Å². The van der Waals surface area contributed by atoms with Crippen LogP contribution in [0.25, 0.3) is 0 Å². The number of nitrogen functional groups attached to an aromatic ring is 1. The van der Waals surface area contributed by atoms with Gasteiger partial charge in [-0.25, -0.2) is 0 Å².